The second-order valence-electron chi connectivity index (χ2n) is 5.22. The molecule has 0 spiro atoms. The lowest BCUT2D eigenvalue weighted by atomic mass is 9.78. The van der Waals surface area contributed by atoms with Crippen LogP contribution in [-0.4, -0.2) is 13.2 Å². The third kappa shape index (κ3) is 2.87. The summed E-state index contributed by atoms with van der Waals surface area (Å²) >= 11 is 0. The van der Waals surface area contributed by atoms with Crippen LogP contribution >= 0.6 is 0 Å². The van der Waals surface area contributed by atoms with E-state index < -0.39 is 0 Å². The molecule has 2 aromatic carbocycles. The van der Waals surface area contributed by atoms with Crippen LogP contribution < -0.4 is 0 Å². The monoisotopic (exact) mass is 252 g/mol. The van der Waals surface area contributed by atoms with Crippen LogP contribution in [0.4, 0.5) is 0 Å². The Kier molecular flexibility index (Phi) is 3.95. The zero-order chi connectivity index (χ0) is 12.9. The van der Waals surface area contributed by atoms with E-state index in [1.165, 1.54) is 11.1 Å². The van der Waals surface area contributed by atoms with E-state index in [1.54, 1.807) is 0 Å². The van der Waals surface area contributed by atoms with Crippen LogP contribution in [-0.2, 0) is 4.74 Å². The predicted molar refractivity (Wildman–Crippen MR) is 78.4 cm³/mol. The summed E-state index contributed by atoms with van der Waals surface area (Å²) in [7, 11) is 0. The second kappa shape index (κ2) is 6.03. The van der Waals surface area contributed by atoms with Gasteiger partial charge in [-0.25, -0.2) is 0 Å². The van der Waals surface area contributed by atoms with E-state index in [2.05, 4.69) is 60.7 Å². The Hall–Kier alpha value is -1.60. The lowest BCUT2D eigenvalue weighted by Crippen LogP contribution is -2.11. The highest BCUT2D eigenvalue weighted by molar-refractivity contribution is 5.28. The summed E-state index contributed by atoms with van der Waals surface area (Å²) in [5.41, 5.74) is 2.89. The molecule has 0 radical (unpaired) electrons. The van der Waals surface area contributed by atoms with E-state index in [1.807, 2.05) is 0 Å². The van der Waals surface area contributed by atoms with Gasteiger partial charge in [-0.15, -0.1) is 0 Å². The summed E-state index contributed by atoms with van der Waals surface area (Å²) in [4.78, 5) is 0. The first-order valence-corrected chi connectivity index (χ1v) is 7.13. The Morgan fingerprint density at radius 2 is 1.05 bits per heavy atom. The van der Waals surface area contributed by atoms with Crippen molar-refractivity contribution in [2.45, 2.75) is 24.7 Å². The molecule has 0 bridgehead atoms. The summed E-state index contributed by atoms with van der Waals surface area (Å²) in [6, 6.07) is 21.8. The van der Waals surface area contributed by atoms with Crippen molar-refractivity contribution in [3.8, 4) is 0 Å². The maximum Gasteiger partial charge on any atom is 0.0472 e. The van der Waals surface area contributed by atoms with E-state index in [4.69, 9.17) is 4.74 Å². The number of hydrogen-bond acceptors (Lipinski definition) is 1. The largest absolute Gasteiger partial charge is 0.381 e. The van der Waals surface area contributed by atoms with Crippen LogP contribution in [0.15, 0.2) is 60.7 Å². The van der Waals surface area contributed by atoms with Gasteiger partial charge >= 0.3 is 0 Å². The molecule has 0 aromatic heterocycles. The highest BCUT2D eigenvalue weighted by Gasteiger charge is 2.26. The second-order valence-corrected chi connectivity index (χ2v) is 5.22. The molecule has 1 heteroatoms. The number of benzene rings is 2. The third-order valence-electron chi connectivity index (χ3n) is 4.09. The highest BCUT2D eigenvalue weighted by Crippen LogP contribution is 2.39. The van der Waals surface area contributed by atoms with E-state index >= 15 is 0 Å². The first-order valence-electron chi connectivity index (χ1n) is 7.13. The topological polar surface area (TPSA) is 9.23 Å². The first kappa shape index (κ1) is 12.4. The van der Waals surface area contributed by atoms with Gasteiger partial charge in [0.05, 0.1) is 0 Å². The highest BCUT2D eigenvalue weighted by atomic mass is 16.5. The van der Waals surface area contributed by atoms with Gasteiger partial charge in [-0.3, -0.25) is 0 Å². The van der Waals surface area contributed by atoms with Gasteiger partial charge < -0.3 is 4.74 Å². The van der Waals surface area contributed by atoms with Crippen LogP contribution in [0, 0.1) is 0 Å². The molecule has 1 aliphatic heterocycles. The van der Waals surface area contributed by atoms with Crippen molar-refractivity contribution >= 4 is 0 Å². The number of hydrogen-bond donors (Lipinski definition) is 0. The van der Waals surface area contributed by atoms with Gasteiger partial charge in [-0.1, -0.05) is 60.7 Å². The molecule has 1 aliphatic rings. The molecule has 98 valence electrons. The molecule has 1 heterocycles. The van der Waals surface area contributed by atoms with Crippen LogP contribution in [0.1, 0.15) is 35.8 Å². The SMILES string of the molecule is c1ccc(C2CCOCCC2c2ccccc2)cc1. The maximum atomic E-state index is 5.70. The van der Waals surface area contributed by atoms with Gasteiger partial charge in [0.1, 0.15) is 0 Å². The molecule has 19 heavy (non-hydrogen) atoms. The Labute approximate surface area is 115 Å². The quantitative estimate of drug-likeness (QED) is 0.771. The standard InChI is InChI=1S/C18H20O/c1-3-7-15(8-4-1)17-11-13-19-14-12-18(17)16-9-5-2-6-10-16/h1-10,17-18H,11-14H2. The zero-order valence-corrected chi connectivity index (χ0v) is 11.2. The van der Waals surface area contributed by atoms with Crippen molar-refractivity contribution in [3.63, 3.8) is 0 Å². The van der Waals surface area contributed by atoms with E-state index in [0.29, 0.717) is 11.8 Å². The summed E-state index contributed by atoms with van der Waals surface area (Å²) in [5.74, 6) is 1.15. The fourth-order valence-electron chi connectivity index (χ4n) is 3.12. The Morgan fingerprint density at radius 1 is 0.632 bits per heavy atom. The summed E-state index contributed by atoms with van der Waals surface area (Å²) in [5, 5.41) is 0. The van der Waals surface area contributed by atoms with Crippen LogP contribution in [0.25, 0.3) is 0 Å². The summed E-state index contributed by atoms with van der Waals surface area (Å²) in [6.45, 7) is 1.76. The van der Waals surface area contributed by atoms with Gasteiger partial charge in [0, 0.05) is 13.2 Å². The minimum atomic E-state index is 0.575. The first-order chi connectivity index (χ1) is 9.45. The van der Waals surface area contributed by atoms with Gasteiger partial charge in [0.25, 0.3) is 0 Å². The molecule has 2 unspecified atom stereocenters. The molecule has 1 saturated heterocycles. The molecule has 0 amide bonds. The average molecular weight is 252 g/mol. The molecule has 0 aliphatic carbocycles. The molecule has 0 saturated carbocycles. The minimum absolute atomic E-state index is 0.575. The van der Waals surface area contributed by atoms with E-state index in [-0.39, 0.29) is 0 Å². The van der Waals surface area contributed by atoms with Crippen molar-refractivity contribution in [1.29, 1.82) is 0 Å². The zero-order valence-electron chi connectivity index (χ0n) is 11.2. The van der Waals surface area contributed by atoms with Crippen molar-refractivity contribution in [2.24, 2.45) is 0 Å². The molecular formula is C18H20O. The molecule has 2 aromatic rings. The van der Waals surface area contributed by atoms with E-state index in [0.717, 1.165) is 26.1 Å². The molecule has 3 rings (SSSR count). The van der Waals surface area contributed by atoms with Crippen molar-refractivity contribution in [1.82, 2.24) is 0 Å². The molecule has 2 atom stereocenters. The Bertz CT molecular complexity index is 444. The summed E-state index contributed by atoms with van der Waals surface area (Å²) < 4.78 is 5.70. The normalized spacial score (nSPS) is 23.8. The lowest BCUT2D eigenvalue weighted by Gasteiger charge is -2.25. The Balaban J connectivity index is 1.94. The summed E-state index contributed by atoms with van der Waals surface area (Å²) in [6.07, 6.45) is 2.23. The van der Waals surface area contributed by atoms with Crippen LogP contribution in [0.2, 0.25) is 0 Å². The molecule has 1 nitrogen and oxygen atoms in total. The smallest absolute Gasteiger partial charge is 0.0472 e. The van der Waals surface area contributed by atoms with E-state index in [9.17, 15) is 0 Å². The van der Waals surface area contributed by atoms with Crippen LogP contribution in [0.3, 0.4) is 0 Å². The van der Waals surface area contributed by atoms with Gasteiger partial charge in [-0.2, -0.15) is 0 Å². The fraction of sp³-hybridized carbons (Fsp3) is 0.333. The molecule has 0 N–H and O–H groups in total. The number of ether oxygens (including phenoxy) is 1. The molecular weight excluding hydrogens is 232 g/mol. The molecule has 1 fully saturated rings. The van der Waals surface area contributed by atoms with Crippen molar-refractivity contribution in [2.75, 3.05) is 13.2 Å². The minimum Gasteiger partial charge on any atom is -0.381 e. The number of rotatable bonds is 2. The Morgan fingerprint density at radius 3 is 1.47 bits per heavy atom. The third-order valence-corrected chi connectivity index (χ3v) is 4.09. The average Bonchev–Trinajstić information content (AvgIpc) is 2.75. The predicted octanol–water partition coefficient (Wildman–Crippen LogP) is 4.36. The van der Waals surface area contributed by atoms with Gasteiger partial charge in [0.2, 0.25) is 0 Å². The maximum absolute atomic E-state index is 5.70. The van der Waals surface area contributed by atoms with Gasteiger partial charge in [0.15, 0.2) is 0 Å². The van der Waals surface area contributed by atoms with Crippen molar-refractivity contribution < 1.29 is 4.74 Å². The van der Waals surface area contributed by atoms with Crippen molar-refractivity contribution in [3.05, 3.63) is 71.8 Å². The van der Waals surface area contributed by atoms with Gasteiger partial charge in [-0.05, 0) is 35.8 Å². The fourth-order valence-corrected chi connectivity index (χ4v) is 3.12. The van der Waals surface area contributed by atoms with Crippen LogP contribution in [0.5, 0.6) is 0 Å². The lowest BCUT2D eigenvalue weighted by molar-refractivity contribution is 0.142.